The fraction of sp³-hybridized carbons (Fsp3) is 0.0435. The number of carbonyl (C=O) groups is 2. The average Bonchev–Trinajstić information content (AvgIpc) is 3.21. The predicted octanol–water partition coefficient (Wildman–Crippen LogP) is 5.18. The molecule has 4 rings (SSSR count). The van der Waals surface area contributed by atoms with Gasteiger partial charge in [-0.2, -0.15) is 0 Å². The zero-order valence-corrected chi connectivity index (χ0v) is 15.9. The second-order valence-electron chi connectivity index (χ2n) is 6.20. The first-order chi connectivity index (χ1) is 14.1. The fourth-order valence-corrected chi connectivity index (χ4v) is 2.90. The maximum Gasteiger partial charge on any atom is 0.343 e. The minimum Gasteiger partial charge on any atom is -0.454 e. The van der Waals surface area contributed by atoms with Gasteiger partial charge < -0.3 is 14.2 Å². The van der Waals surface area contributed by atoms with Crippen molar-refractivity contribution in [1.29, 1.82) is 0 Å². The smallest absolute Gasteiger partial charge is 0.343 e. The van der Waals surface area contributed by atoms with Gasteiger partial charge in [0.1, 0.15) is 5.75 Å². The van der Waals surface area contributed by atoms with Gasteiger partial charge in [-0.15, -0.1) is 0 Å². The molecule has 29 heavy (non-hydrogen) atoms. The van der Waals surface area contributed by atoms with Crippen molar-refractivity contribution in [1.82, 2.24) is 0 Å². The van der Waals surface area contributed by atoms with Crippen molar-refractivity contribution in [2.75, 3.05) is 6.79 Å². The van der Waals surface area contributed by atoms with Gasteiger partial charge in [-0.1, -0.05) is 29.8 Å². The maximum atomic E-state index is 12.5. The molecule has 0 fully saturated rings. The number of fused-ring (bicyclic) bond motifs is 1. The van der Waals surface area contributed by atoms with Crippen molar-refractivity contribution < 1.29 is 23.8 Å². The van der Waals surface area contributed by atoms with E-state index < -0.39 is 5.97 Å². The van der Waals surface area contributed by atoms with Crippen molar-refractivity contribution in [2.24, 2.45) is 0 Å². The highest BCUT2D eigenvalue weighted by Crippen LogP contribution is 2.33. The van der Waals surface area contributed by atoms with E-state index in [1.165, 1.54) is 6.08 Å². The third kappa shape index (κ3) is 4.31. The quantitative estimate of drug-likeness (QED) is 0.253. The average molecular weight is 407 g/mol. The third-order valence-electron chi connectivity index (χ3n) is 4.27. The summed E-state index contributed by atoms with van der Waals surface area (Å²) >= 11 is 5.85. The second-order valence-corrected chi connectivity index (χ2v) is 6.64. The molecule has 1 heterocycles. The van der Waals surface area contributed by atoms with E-state index in [0.29, 0.717) is 39.0 Å². The Kier molecular flexibility index (Phi) is 5.31. The van der Waals surface area contributed by atoms with E-state index in [1.54, 1.807) is 72.8 Å². The van der Waals surface area contributed by atoms with Crippen molar-refractivity contribution in [3.63, 3.8) is 0 Å². The number of hydrogen-bond donors (Lipinski definition) is 0. The number of para-hydroxylation sites is 1. The summed E-state index contributed by atoms with van der Waals surface area (Å²) in [5, 5.41) is 0.561. The molecule has 5 nitrogen and oxygen atoms in total. The van der Waals surface area contributed by atoms with Crippen LogP contribution in [-0.2, 0) is 0 Å². The van der Waals surface area contributed by atoms with Gasteiger partial charge in [0.05, 0.1) is 5.56 Å². The van der Waals surface area contributed by atoms with Crippen LogP contribution in [0.4, 0.5) is 0 Å². The van der Waals surface area contributed by atoms with Crippen molar-refractivity contribution >= 4 is 29.4 Å². The SMILES string of the molecule is O=C(C=Cc1ccccc1OC(=O)c1ccc2c(c1)OCO2)c1ccc(Cl)cc1. The van der Waals surface area contributed by atoms with Gasteiger partial charge in [-0.25, -0.2) is 4.79 Å². The van der Waals surface area contributed by atoms with E-state index in [-0.39, 0.29) is 12.6 Å². The number of esters is 1. The van der Waals surface area contributed by atoms with E-state index in [2.05, 4.69) is 0 Å². The summed E-state index contributed by atoms with van der Waals surface area (Å²) in [6, 6.07) is 18.4. The van der Waals surface area contributed by atoms with Gasteiger partial charge in [-0.05, 0) is 60.7 Å². The molecule has 0 aromatic heterocycles. The number of carbonyl (C=O) groups excluding carboxylic acids is 2. The van der Waals surface area contributed by atoms with E-state index in [1.807, 2.05) is 0 Å². The molecule has 0 unspecified atom stereocenters. The Morgan fingerprint density at radius 2 is 1.62 bits per heavy atom. The molecule has 0 spiro atoms. The van der Waals surface area contributed by atoms with Crippen LogP contribution in [0.25, 0.3) is 6.08 Å². The van der Waals surface area contributed by atoms with E-state index in [0.717, 1.165) is 0 Å². The van der Waals surface area contributed by atoms with Crippen LogP contribution < -0.4 is 14.2 Å². The first-order valence-corrected chi connectivity index (χ1v) is 9.17. The molecule has 0 saturated heterocycles. The molecule has 6 heteroatoms. The molecular formula is C23H15ClO5. The largest absolute Gasteiger partial charge is 0.454 e. The molecule has 0 bridgehead atoms. The summed E-state index contributed by atoms with van der Waals surface area (Å²) in [5.74, 6) is 0.717. The molecular weight excluding hydrogens is 392 g/mol. The molecule has 1 aliphatic heterocycles. The van der Waals surface area contributed by atoms with Crippen LogP contribution in [0, 0.1) is 0 Å². The first-order valence-electron chi connectivity index (χ1n) is 8.79. The number of ether oxygens (including phenoxy) is 3. The normalized spacial score (nSPS) is 12.2. The summed E-state index contributed by atoms with van der Waals surface area (Å²) in [6.45, 7) is 0.128. The second kappa shape index (κ2) is 8.20. The van der Waals surface area contributed by atoms with Gasteiger partial charge in [0, 0.05) is 16.1 Å². The molecule has 3 aromatic rings. The summed E-state index contributed by atoms with van der Waals surface area (Å²) in [7, 11) is 0. The van der Waals surface area contributed by atoms with Crippen LogP contribution in [0.15, 0.2) is 72.8 Å². The van der Waals surface area contributed by atoms with Gasteiger partial charge in [0.25, 0.3) is 0 Å². The molecule has 144 valence electrons. The lowest BCUT2D eigenvalue weighted by atomic mass is 10.1. The molecule has 0 radical (unpaired) electrons. The van der Waals surface area contributed by atoms with Crippen molar-refractivity contribution in [3.05, 3.63) is 94.5 Å². The summed E-state index contributed by atoms with van der Waals surface area (Å²) in [6.07, 6.45) is 3.04. The molecule has 0 atom stereocenters. The molecule has 1 aliphatic rings. The molecule has 0 amide bonds. The van der Waals surface area contributed by atoms with Gasteiger partial charge >= 0.3 is 5.97 Å². The van der Waals surface area contributed by atoms with E-state index in [4.69, 9.17) is 25.8 Å². The minimum atomic E-state index is -0.534. The highest BCUT2D eigenvalue weighted by molar-refractivity contribution is 6.30. The Hall–Kier alpha value is -3.57. The number of ketones is 1. The zero-order chi connectivity index (χ0) is 20.2. The lowest BCUT2D eigenvalue weighted by Crippen LogP contribution is -2.09. The Bertz CT molecular complexity index is 1100. The lowest BCUT2D eigenvalue weighted by molar-refractivity contribution is 0.0733. The highest BCUT2D eigenvalue weighted by atomic mass is 35.5. The van der Waals surface area contributed by atoms with Crippen LogP contribution >= 0.6 is 11.6 Å². The number of halogens is 1. The van der Waals surface area contributed by atoms with E-state index in [9.17, 15) is 9.59 Å². The van der Waals surface area contributed by atoms with Crippen LogP contribution in [0.5, 0.6) is 17.2 Å². The predicted molar refractivity (Wildman–Crippen MR) is 109 cm³/mol. The van der Waals surface area contributed by atoms with Crippen molar-refractivity contribution in [3.8, 4) is 17.2 Å². The summed E-state index contributed by atoms with van der Waals surface area (Å²) in [4.78, 5) is 24.9. The number of benzene rings is 3. The van der Waals surface area contributed by atoms with Gasteiger partial charge in [0.2, 0.25) is 6.79 Å². The number of rotatable bonds is 5. The zero-order valence-electron chi connectivity index (χ0n) is 15.1. The molecule has 0 saturated carbocycles. The topological polar surface area (TPSA) is 61.8 Å². The van der Waals surface area contributed by atoms with Crippen LogP contribution in [0.3, 0.4) is 0 Å². The highest BCUT2D eigenvalue weighted by Gasteiger charge is 2.18. The van der Waals surface area contributed by atoms with Crippen LogP contribution in [-0.4, -0.2) is 18.5 Å². The Morgan fingerprint density at radius 3 is 2.45 bits per heavy atom. The van der Waals surface area contributed by atoms with Gasteiger partial charge in [0.15, 0.2) is 17.3 Å². The van der Waals surface area contributed by atoms with Crippen LogP contribution in [0.1, 0.15) is 26.3 Å². The standard InChI is InChI=1S/C23H15ClO5/c24-18-9-5-15(6-10-18)19(25)11-7-16-3-1-2-4-20(16)29-23(26)17-8-12-21-22(13-17)28-14-27-21/h1-13H,14H2. The van der Waals surface area contributed by atoms with Crippen LogP contribution in [0.2, 0.25) is 5.02 Å². The maximum absolute atomic E-state index is 12.5. The molecule has 0 N–H and O–H groups in total. The molecule has 3 aromatic carbocycles. The Labute approximate surface area is 172 Å². The Balaban J connectivity index is 1.51. The third-order valence-corrected chi connectivity index (χ3v) is 4.52. The van der Waals surface area contributed by atoms with Crippen molar-refractivity contribution in [2.45, 2.75) is 0 Å². The Morgan fingerprint density at radius 1 is 0.897 bits per heavy atom. The van der Waals surface area contributed by atoms with E-state index >= 15 is 0 Å². The summed E-state index contributed by atoms with van der Waals surface area (Å²) in [5.41, 5.74) is 1.45. The fourth-order valence-electron chi connectivity index (χ4n) is 2.77. The number of allylic oxidation sites excluding steroid dienone is 1. The van der Waals surface area contributed by atoms with Gasteiger partial charge in [-0.3, -0.25) is 4.79 Å². The molecule has 0 aliphatic carbocycles. The minimum absolute atomic E-state index is 0.128. The summed E-state index contributed by atoms with van der Waals surface area (Å²) < 4.78 is 16.1. The lowest BCUT2D eigenvalue weighted by Gasteiger charge is -2.08. The first kappa shape index (κ1) is 18.8. The monoisotopic (exact) mass is 406 g/mol. The number of hydrogen-bond acceptors (Lipinski definition) is 5.